The zero-order chi connectivity index (χ0) is 10.8. The Balaban J connectivity index is 3.42. The fourth-order valence-electron chi connectivity index (χ4n) is 1.24. The molecular formula is C10H23N3O. The number of amidine groups is 1. The van der Waals surface area contributed by atoms with E-state index in [0.29, 0.717) is 6.42 Å². The van der Waals surface area contributed by atoms with Crippen molar-refractivity contribution in [3.05, 3.63) is 0 Å². The third-order valence-corrected chi connectivity index (χ3v) is 2.11. The number of nitrogens with zero attached hydrogens (tertiary/aromatic N) is 1. The molecule has 0 saturated heterocycles. The van der Waals surface area contributed by atoms with Crippen LogP contribution in [0.4, 0.5) is 0 Å². The minimum absolute atomic E-state index is 0.272. The molecule has 0 aromatic heterocycles. The fraction of sp³-hybridized carbons (Fsp3) is 0.900. The lowest BCUT2D eigenvalue weighted by molar-refractivity contribution is 0.133. The van der Waals surface area contributed by atoms with E-state index >= 15 is 0 Å². The molecule has 14 heavy (non-hydrogen) atoms. The molecule has 4 nitrogen and oxygen atoms in total. The van der Waals surface area contributed by atoms with Crippen molar-refractivity contribution in [1.82, 2.24) is 4.90 Å². The monoisotopic (exact) mass is 201 g/mol. The van der Waals surface area contributed by atoms with Crippen LogP contribution in [0.25, 0.3) is 0 Å². The highest BCUT2D eigenvalue weighted by atomic mass is 16.5. The Bertz CT molecular complexity index is 150. The van der Waals surface area contributed by atoms with Crippen LogP contribution >= 0.6 is 0 Å². The molecule has 0 bridgehead atoms. The van der Waals surface area contributed by atoms with Gasteiger partial charge in [0.25, 0.3) is 0 Å². The first-order chi connectivity index (χ1) is 6.70. The zero-order valence-corrected chi connectivity index (χ0v) is 9.38. The van der Waals surface area contributed by atoms with Crippen LogP contribution in [0, 0.1) is 5.41 Å². The predicted molar refractivity (Wildman–Crippen MR) is 59.8 cm³/mol. The molecule has 0 aliphatic rings. The molecule has 0 saturated carbocycles. The molecular weight excluding hydrogens is 178 g/mol. The van der Waals surface area contributed by atoms with Crippen LogP contribution in [0.3, 0.4) is 0 Å². The van der Waals surface area contributed by atoms with Crippen molar-refractivity contribution in [2.75, 3.05) is 32.8 Å². The maximum absolute atomic E-state index is 7.13. The van der Waals surface area contributed by atoms with Crippen LogP contribution < -0.4 is 5.73 Å². The highest BCUT2D eigenvalue weighted by molar-refractivity contribution is 5.76. The third-order valence-electron chi connectivity index (χ3n) is 2.11. The SMILES string of the molecule is CCOCCCN(CC)CCC(=N)N. The number of ether oxygens (including phenoxy) is 1. The van der Waals surface area contributed by atoms with Crippen LogP contribution in [0.2, 0.25) is 0 Å². The first kappa shape index (κ1) is 13.4. The number of hydrogen-bond acceptors (Lipinski definition) is 3. The zero-order valence-electron chi connectivity index (χ0n) is 9.38. The summed E-state index contributed by atoms with van der Waals surface area (Å²) in [5, 5.41) is 7.13. The fourth-order valence-corrected chi connectivity index (χ4v) is 1.24. The van der Waals surface area contributed by atoms with Gasteiger partial charge in [-0.15, -0.1) is 0 Å². The maximum Gasteiger partial charge on any atom is 0.0918 e. The van der Waals surface area contributed by atoms with E-state index < -0.39 is 0 Å². The van der Waals surface area contributed by atoms with Gasteiger partial charge in [0.2, 0.25) is 0 Å². The van der Waals surface area contributed by atoms with Crippen molar-refractivity contribution in [1.29, 1.82) is 5.41 Å². The van der Waals surface area contributed by atoms with E-state index in [-0.39, 0.29) is 5.84 Å². The second-order valence-electron chi connectivity index (χ2n) is 3.26. The average molecular weight is 201 g/mol. The van der Waals surface area contributed by atoms with Gasteiger partial charge in [0.15, 0.2) is 0 Å². The van der Waals surface area contributed by atoms with E-state index in [1.54, 1.807) is 0 Å². The molecule has 0 radical (unpaired) electrons. The molecule has 0 unspecified atom stereocenters. The Kier molecular flexibility index (Phi) is 8.57. The molecule has 0 fully saturated rings. The van der Waals surface area contributed by atoms with Gasteiger partial charge in [0.1, 0.15) is 0 Å². The summed E-state index contributed by atoms with van der Waals surface area (Å²) in [7, 11) is 0. The van der Waals surface area contributed by atoms with E-state index in [4.69, 9.17) is 15.9 Å². The molecule has 0 heterocycles. The lowest BCUT2D eigenvalue weighted by Crippen LogP contribution is -2.29. The van der Waals surface area contributed by atoms with Crippen LogP contribution in [-0.2, 0) is 4.74 Å². The van der Waals surface area contributed by atoms with E-state index in [0.717, 1.165) is 39.3 Å². The summed E-state index contributed by atoms with van der Waals surface area (Å²) >= 11 is 0. The molecule has 84 valence electrons. The molecule has 0 atom stereocenters. The van der Waals surface area contributed by atoms with Gasteiger partial charge in [0, 0.05) is 32.7 Å². The van der Waals surface area contributed by atoms with Gasteiger partial charge >= 0.3 is 0 Å². The number of hydrogen-bond donors (Lipinski definition) is 2. The molecule has 0 aliphatic heterocycles. The minimum atomic E-state index is 0.272. The maximum atomic E-state index is 7.13. The van der Waals surface area contributed by atoms with Crippen LogP contribution in [0.5, 0.6) is 0 Å². The Labute approximate surface area is 86.9 Å². The van der Waals surface area contributed by atoms with Crippen molar-refractivity contribution in [2.24, 2.45) is 5.73 Å². The van der Waals surface area contributed by atoms with Crippen molar-refractivity contribution < 1.29 is 4.74 Å². The molecule has 3 N–H and O–H groups in total. The van der Waals surface area contributed by atoms with E-state index in [2.05, 4.69) is 11.8 Å². The first-order valence-corrected chi connectivity index (χ1v) is 5.33. The summed E-state index contributed by atoms with van der Waals surface area (Å²) in [5.74, 6) is 0.272. The van der Waals surface area contributed by atoms with Gasteiger partial charge in [-0.25, -0.2) is 0 Å². The summed E-state index contributed by atoms with van der Waals surface area (Å²) < 4.78 is 5.26. The summed E-state index contributed by atoms with van der Waals surface area (Å²) in [4.78, 5) is 2.29. The van der Waals surface area contributed by atoms with Gasteiger partial charge in [-0.3, -0.25) is 5.41 Å². The molecule has 0 amide bonds. The van der Waals surface area contributed by atoms with Crippen molar-refractivity contribution in [3.63, 3.8) is 0 Å². The van der Waals surface area contributed by atoms with Gasteiger partial charge in [-0.1, -0.05) is 6.92 Å². The molecule has 0 aromatic rings. The summed E-state index contributed by atoms with van der Waals surface area (Å²) in [6, 6.07) is 0. The highest BCUT2D eigenvalue weighted by Crippen LogP contribution is 1.94. The van der Waals surface area contributed by atoms with E-state index in [1.807, 2.05) is 6.92 Å². The second kappa shape index (κ2) is 8.97. The third kappa shape index (κ3) is 8.01. The van der Waals surface area contributed by atoms with E-state index in [1.165, 1.54) is 0 Å². The van der Waals surface area contributed by atoms with Gasteiger partial charge in [-0.2, -0.15) is 0 Å². The predicted octanol–water partition coefficient (Wildman–Crippen LogP) is 1.06. The highest BCUT2D eigenvalue weighted by Gasteiger charge is 2.02. The first-order valence-electron chi connectivity index (χ1n) is 5.33. The molecule has 0 rings (SSSR count). The Morgan fingerprint density at radius 1 is 1.36 bits per heavy atom. The molecule has 0 aromatic carbocycles. The van der Waals surface area contributed by atoms with Crippen LogP contribution in [0.1, 0.15) is 26.7 Å². The topological polar surface area (TPSA) is 62.3 Å². The minimum Gasteiger partial charge on any atom is -0.388 e. The molecule has 4 heteroatoms. The average Bonchev–Trinajstić information content (AvgIpc) is 2.16. The summed E-state index contributed by atoms with van der Waals surface area (Å²) in [6.07, 6.45) is 1.72. The van der Waals surface area contributed by atoms with Crippen molar-refractivity contribution in [3.8, 4) is 0 Å². The lowest BCUT2D eigenvalue weighted by Gasteiger charge is -2.19. The van der Waals surface area contributed by atoms with E-state index in [9.17, 15) is 0 Å². The van der Waals surface area contributed by atoms with Crippen LogP contribution in [0.15, 0.2) is 0 Å². The van der Waals surface area contributed by atoms with Gasteiger partial charge in [-0.05, 0) is 19.9 Å². The summed E-state index contributed by atoms with van der Waals surface area (Å²) in [6.45, 7) is 8.68. The Morgan fingerprint density at radius 3 is 2.57 bits per heavy atom. The largest absolute Gasteiger partial charge is 0.388 e. The van der Waals surface area contributed by atoms with Gasteiger partial charge < -0.3 is 15.4 Å². The van der Waals surface area contributed by atoms with Crippen molar-refractivity contribution in [2.45, 2.75) is 26.7 Å². The van der Waals surface area contributed by atoms with Crippen molar-refractivity contribution >= 4 is 5.84 Å². The quantitative estimate of drug-likeness (QED) is 0.333. The molecule has 0 aliphatic carbocycles. The smallest absolute Gasteiger partial charge is 0.0918 e. The lowest BCUT2D eigenvalue weighted by atomic mass is 10.3. The standard InChI is InChI=1S/C10H23N3O/c1-3-13(8-6-10(11)12)7-5-9-14-4-2/h3-9H2,1-2H3,(H3,11,12). The van der Waals surface area contributed by atoms with Gasteiger partial charge in [0.05, 0.1) is 5.84 Å². The second-order valence-corrected chi connectivity index (χ2v) is 3.26. The Morgan fingerprint density at radius 2 is 2.07 bits per heavy atom. The summed E-state index contributed by atoms with van der Waals surface area (Å²) in [5.41, 5.74) is 5.30. The number of nitrogens with one attached hydrogen (secondary N) is 1. The number of rotatable bonds is 9. The number of nitrogens with two attached hydrogens (primary N) is 1. The molecule has 0 spiro atoms. The normalized spacial score (nSPS) is 10.8. The van der Waals surface area contributed by atoms with Crippen LogP contribution in [-0.4, -0.2) is 43.6 Å². The Hall–Kier alpha value is -0.610.